The number of nitrogens with one attached hydrogen (secondary N) is 1. The van der Waals surface area contributed by atoms with Crippen molar-refractivity contribution in [3.05, 3.63) is 35.1 Å². The maximum absolute atomic E-state index is 13.9. The van der Waals surface area contributed by atoms with Crippen molar-refractivity contribution < 1.29 is 9.18 Å². The van der Waals surface area contributed by atoms with Crippen LogP contribution in [0.2, 0.25) is 0 Å². The van der Waals surface area contributed by atoms with Crippen molar-refractivity contribution in [3.63, 3.8) is 0 Å². The number of hydrogen-bond acceptors (Lipinski definition) is 3. The van der Waals surface area contributed by atoms with Crippen LogP contribution in [-0.4, -0.2) is 43.5 Å². The minimum atomic E-state index is -0.563. The smallest absolute Gasteiger partial charge is 0.254 e. The van der Waals surface area contributed by atoms with E-state index in [1.54, 1.807) is 6.07 Å². The molecule has 0 radical (unpaired) electrons. The topological polar surface area (TPSA) is 58.4 Å². The van der Waals surface area contributed by atoms with E-state index in [0.717, 1.165) is 6.54 Å². The SMILES string of the molecule is CN(CCNC(=O)c1ccc(C#CCN)cc1F)C1CC1. The summed E-state index contributed by atoms with van der Waals surface area (Å²) >= 11 is 0. The summed E-state index contributed by atoms with van der Waals surface area (Å²) in [4.78, 5) is 14.1. The zero-order valence-electron chi connectivity index (χ0n) is 12.2. The number of halogens is 1. The Morgan fingerprint density at radius 3 is 2.90 bits per heavy atom. The average molecular weight is 289 g/mol. The van der Waals surface area contributed by atoms with Gasteiger partial charge in [-0.25, -0.2) is 4.39 Å². The fourth-order valence-corrected chi connectivity index (χ4v) is 2.07. The van der Waals surface area contributed by atoms with Crippen LogP contribution >= 0.6 is 0 Å². The summed E-state index contributed by atoms with van der Waals surface area (Å²) in [7, 11) is 2.04. The number of nitrogens with two attached hydrogens (primary N) is 1. The molecule has 1 aliphatic rings. The Morgan fingerprint density at radius 2 is 2.29 bits per heavy atom. The van der Waals surface area contributed by atoms with Crippen LogP contribution < -0.4 is 11.1 Å². The highest BCUT2D eigenvalue weighted by molar-refractivity contribution is 5.94. The number of amides is 1. The first-order valence-electron chi connectivity index (χ1n) is 7.08. The van der Waals surface area contributed by atoms with E-state index in [4.69, 9.17) is 5.73 Å². The van der Waals surface area contributed by atoms with Crippen LogP contribution in [0.4, 0.5) is 4.39 Å². The molecule has 3 N–H and O–H groups in total. The van der Waals surface area contributed by atoms with Crippen molar-refractivity contribution in [1.82, 2.24) is 10.2 Å². The first-order chi connectivity index (χ1) is 10.1. The van der Waals surface area contributed by atoms with Gasteiger partial charge in [-0.15, -0.1) is 0 Å². The van der Waals surface area contributed by atoms with E-state index in [-0.39, 0.29) is 12.1 Å². The molecule has 1 saturated carbocycles. The Kier molecular flexibility index (Phi) is 5.32. The number of rotatable bonds is 5. The summed E-state index contributed by atoms with van der Waals surface area (Å²) in [6, 6.07) is 4.99. The third-order valence-corrected chi connectivity index (χ3v) is 3.47. The van der Waals surface area contributed by atoms with Gasteiger partial charge in [0.05, 0.1) is 12.1 Å². The maximum atomic E-state index is 13.9. The summed E-state index contributed by atoms with van der Waals surface area (Å²) in [5.74, 6) is 4.43. The lowest BCUT2D eigenvalue weighted by molar-refractivity contribution is 0.0945. The molecule has 1 aliphatic carbocycles. The van der Waals surface area contributed by atoms with Gasteiger partial charge in [0, 0.05) is 24.7 Å². The highest BCUT2D eigenvalue weighted by Crippen LogP contribution is 2.24. The quantitative estimate of drug-likeness (QED) is 0.794. The molecule has 1 fully saturated rings. The monoisotopic (exact) mass is 289 g/mol. The van der Waals surface area contributed by atoms with E-state index < -0.39 is 11.7 Å². The highest BCUT2D eigenvalue weighted by Gasteiger charge is 2.25. The van der Waals surface area contributed by atoms with E-state index in [1.807, 2.05) is 7.05 Å². The van der Waals surface area contributed by atoms with Gasteiger partial charge in [-0.1, -0.05) is 11.8 Å². The molecular formula is C16H20FN3O. The van der Waals surface area contributed by atoms with Crippen LogP contribution in [0.1, 0.15) is 28.8 Å². The van der Waals surface area contributed by atoms with E-state index in [9.17, 15) is 9.18 Å². The van der Waals surface area contributed by atoms with Gasteiger partial charge in [-0.3, -0.25) is 4.79 Å². The second-order valence-corrected chi connectivity index (χ2v) is 5.17. The van der Waals surface area contributed by atoms with Crippen LogP contribution in [-0.2, 0) is 0 Å². The van der Waals surface area contributed by atoms with E-state index in [1.165, 1.54) is 25.0 Å². The molecule has 0 atom stereocenters. The van der Waals surface area contributed by atoms with E-state index in [2.05, 4.69) is 22.1 Å². The number of likely N-dealkylation sites (N-methyl/N-ethyl adjacent to an activating group) is 1. The second-order valence-electron chi connectivity index (χ2n) is 5.17. The molecule has 1 aromatic rings. The number of benzene rings is 1. The van der Waals surface area contributed by atoms with Crippen LogP contribution in [0.5, 0.6) is 0 Å². The van der Waals surface area contributed by atoms with Gasteiger partial charge < -0.3 is 16.0 Å². The predicted molar refractivity (Wildman–Crippen MR) is 80.3 cm³/mol. The minimum Gasteiger partial charge on any atom is -0.351 e. The molecular weight excluding hydrogens is 269 g/mol. The van der Waals surface area contributed by atoms with Crippen molar-refractivity contribution >= 4 is 5.91 Å². The van der Waals surface area contributed by atoms with Crippen LogP contribution in [0, 0.1) is 17.7 Å². The number of nitrogens with zero attached hydrogens (tertiary/aromatic N) is 1. The van der Waals surface area contributed by atoms with Crippen molar-refractivity contribution in [2.45, 2.75) is 18.9 Å². The highest BCUT2D eigenvalue weighted by atomic mass is 19.1. The molecule has 1 aromatic carbocycles. The minimum absolute atomic E-state index is 0.0439. The number of carbonyl (C=O) groups excluding carboxylic acids is 1. The molecule has 0 aliphatic heterocycles. The standard InChI is InChI=1S/C16H20FN3O/c1-20(13-5-6-13)10-9-19-16(21)14-7-4-12(3-2-8-18)11-15(14)17/h4,7,11,13H,5-6,8-10,18H2,1H3,(H,19,21). The second kappa shape index (κ2) is 7.21. The summed E-state index contributed by atoms with van der Waals surface area (Å²) in [5, 5.41) is 2.74. The number of hydrogen-bond donors (Lipinski definition) is 2. The van der Waals surface area contributed by atoms with Gasteiger partial charge >= 0.3 is 0 Å². The predicted octanol–water partition coefficient (Wildman–Crippen LogP) is 0.960. The molecule has 0 unspecified atom stereocenters. The molecule has 0 spiro atoms. The summed E-state index contributed by atoms with van der Waals surface area (Å²) in [6.07, 6.45) is 2.45. The fraction of sp³-hybridized carbons (Fsp3) is 0.438. The van der Waals surface area contributed by atoms with Crippen LogP contribution in [0.3, 0.4) is 0 Å². The van der Waals surface area contributed by atoms with Gasteiger partial charge in [0.2, 0.25) is 0 Å². The number of carbonyl (C=O) groups is 1. The average Bonchev–Trinajstić information content (AvgIpc) is 3.29. The normalized spacial score (nSPS) is 13.7. The van der Waals surface area contributed by atoms with Crippen molar-refractivity contribution in [2.75, 3.05) is 26.7 Å². The molecule has 112 valence electrons. The van der Waals surface area contributed by atoms with Gasteiger partial charge in [0.25, 0.3) is 5.91 Å². The molecule has 0 aromatic heterocycles. The molecule has 0 heterocycles. The zero-order chi connectivity index (χ0) is 15.2. The molecule has 0 bridgehead atoms. The van der Waals surface area contributed by atoms with E-state index >= 15 is 0 Å². The molecule has 0 saturated heterocycles. The Hall–Kier alpha value is -1.90. The molecule has 21 heavy (non-hydrogen) atoms. The van der Waals surface area contributed by atoms with Gasteiger partial charge in [-0.05, 0) is 38.1 Å². The summed E-state index contributed by atoms with van der Waals surface area (Å²) < 4.78 is 13.9. The first-order valence-corrected chi connectivity index (χ1v) is 7.08. The molecule has 5 heteroatoms. The van der Waals surface area contributed by atoms with E-state index in [0.29, 0.717) is 18.2 Å². The maximum Gasteiger partial charge on any atom is 0.254 e. The van der Waals surface area contributed by atoms with Crippen molar-refractivity contribution in [3.8, 4) is 11.8 Å². The van der Waals surface area contributed by atoms with Gasteiger partial charge in [0.15, 0.2) is 0 Å². The lowest BCUT2D eigenvalue weighted by Gasteiger charge is -2.15. The van der Waals surface area contributed by atoms with Crippen LogP contribution in [0.15, 0.2) is 18.2 Å². The fourth-order valence-electron chi connectivity index (χ4n) is 2.07. The van der Waals surface area contributed by atoms with Gasteiger partial charge in [0.1, 0.15) is 5.82 Å². The Labute approximate surface area is 124 Å². The van der Waals surface area contributed by atoms with Gasteiger partial charge in [-0.2, -0.15) is 0 Å². The molecule has 2 rings (SSSR count). The Bertz CT molecular complexity index is 573. The largest absolute Gasteiger partial charge is 0.351 e. The zero-order valence-corrected chi connectivity index (χ0v) is 12.2. The lowest BCUT2D eigenvalue weighted by Crippen LogP contribution is -2.34. The molecule has 4 nitrogen and oxygen atoms in total. The lowest BCUT2D eigenvalue weighted by atomic mass is 10.1. The Morgan fingerprint density at radius 1 is 1.52 bits per heavy atom. The van der Waals surface area contributed by atoms with Crippen molar-refractivity contribution in [2.24, 2.45) is 5.73 Å². The first kappa shape index (κ1) is 15.5. The third kappa shape index (κ3) is 4.55. The summed E-state index contributed by atoms with van der Waals surface area (Å²) in [5.41, 5.74) is 5.82. The van der Waals surface area contributed by atoms with Crippen LogP contribution in [0.25, 0.3) is 0 Å². The van der Waals surface area contributed by atoms with Crippen molar-refractivity contribution in [1.29, 1.82) is 0 Å². The summed E-state index contributed by atoms with van der Waals surface area (Å²) in [6.45, 7) is 1.51. The molecule has 1 amide bonds. The third-order valence-electron chi connectivity index (χ3n) is 3.47. The Balaban J connectivity index is 1.89.